The first-order valence-electron chi connectivity index (χ1n) is 6.86. The van der Waals surface area contributed by atoms with Crippen molar-refractivity contribution in [2.24, 2.45) is 0 Å². The van der Waals surface area contributed by atoms with Gasteiger partial charge in [0.05, 0.1) is 12.7 Å². The van der Waals surface area contributed by atoms with Crippen LogP contribution in [0.4, 0.5) is 13.2 Å². The molecule has 3 aromatic rings. The number of ether oxygens (including phenoxy) is 1. The van der Waals surface area contributed by atoms with Gasteiger partial charge in [-0.2, -0.15) is 18.3 Å². The van der Waals surface area contributed by atoms with E-state index in [4.69, 9.17) is 4.74 Å². The number of rotatable bonds is 3. The molecule has 2 N–H and O–H groups in total. The number of benzene rings is 2. The summed E-state index contributed by atoms with van der Waals surface area (Å²) in [6, 6.07) is 9.24. The van der Waals surface area contributed by atoms with Crippen molar-refractivity contribution >= 4 is 0 Å². The lowest BCUT2D eigenvalue weighted by atomic mass is 10.1. The Balaban J connectivity index is 1.91. The van der Waals surface area contributed by atoms with Crippen LogP contribution in [0.15, 0.2) is 42.5 Å². The SMILES string of the molecule is COc1cc(-c2n[nH]c(-c3ccc(C(F)(F)F)cc3)n2)ccc1O. The summed E-state index contributed by atoms with van der Waals surface area (Å²) in [6.45, 7) is 0. The van der Waals surface area contributed by atoms with E-state index in [-0.39, 0.29) is 11.5 Å². The average Bonchev–Trinajstić information content (AvgIpc) is 3.04. The Bertz CT molecular complexity index is 858. The van der Waals surface area contributed by atoms with Gasteiger partial charge >= 0.3 is 6.18 Å². The zero-order valence-electron chi connectivity index (χ0n) is 12.4. The van der Waals surface area contributed by atoms with Crippen LogP contribution in [-0.2, 0) is 6.18 Å². The molecule has 0 saturated carbocycles. The van der Waals surface area contributed by atoms with Crippen molar-refractivity contribution < 1.29 is 23.0 Å². The maximum absolute atomic E-state index is 12.6. The highest BCUT2D eigenvalue weighted by molar-refractivity contribution is 5.64. The number of hydrogen-bond donors (Lipinski definition) is 2. The number of aromatic amines is 1. The number of hydrogen-bond acceptors (Lipinski definition) is 4. The van der Waals surface area contributed by atoms with E-state index in [1.807, 2.05) is 0 Å². The summed E-state index contributed by atoms with van der Waals surface area (Å²) >= 11 is 0. The van der Waals surface area contributed by atoms with Crippen LogP contribution in [-0.4, -0.2) is 27.4 Å². The molecule has 0 radical (unpaired) electrons. The largest absolute Gasteiger partial charge is 0.504 e. The maximum atomic E-state index is 12.6. The number of alkyl halides is 3. The molecule has 0 atom stereocenters. The van der Waals surface area contributed by atoms with Gasteiger partial charge in [0.15, 0.2) is 23.1 Å². The van der Waals surface area contributed by atoms with Crippen molar-refractivity contribution in [3.05, 3.63) is 48.0 Å². The smallest absolute Gasteiger partial charge is 0.416 e. The quantitative estimate of drug-likeness (QED) is 0.762. The molecule has 0 saturated heterocycles. The van der Waals surface area contributed by atoms with E-state index >= 15 is 0 Å². The predicted molar refractivity (Wildman–Crippen MR) is 80.5 cm³/mol. The predicted octanol–water partition coefficient (Wildman–Crippen LogP) is 3.87. The van der Waals surface area contributed by atoms with E-state index in [0.29, 0.717) is 22.8 Å². The van der Waals surface area contributed by atoms with Crippen LogP contribution in [0.3, 0.4) is 0 Å². The van der Waals surface area contributed by atoms with Crippen molar-refractivity contribution in [3.8, 4) is 34.3 Å². The highest BCUT2D eigenvalue weighted by Gasteiger charge is 2.30. The molecule has 124 valence electrons. The second kappa shape index (κ2) is 5.88. The first-order chi connectivity index (χ1) is 11.4. The molecule has 0 bridgehead atoms. The van der Waals surface area contributed by atoms with Gasteiger partial charge in [-0.15, -0.1) is 0 Å². The molecule has 0 amide bonds. The van der Waals surface area contributed by atoms with Gasteiger partial charge in [0.2, 0.25) is 0 Å². The van der Waals surface area contributed by atoms with Crippen LogP contribution < -0.4 is 4.74 Å². The Hall–Kier alpha value is -3.03. The maximum Gasteiger partial charge on any atom is 0.416 e. The fraction of sp³-hybridized carbons (Fsp3) is 0.125. The number of aromatic nitrogens is 3. The minimum Gasteiger partial charge on any atom is -0.504 e. The van der Waals surface area contributed by atoms with Crippen LogP contribution in [0.1, 0.15) is 5.56 Å². The van der Waals surface area contributed by atoms with E-state index < -0.39 is 11.7 Å². The van der Waals surface area contributed by atoms with Crippen LogP contribution in [0.5, 0.6) is 11.5 Å². The molecule has 0 spiro atoms. The molecule has 5 nitrogen and oxygen atoms in total. The summed E-state index contributed by atoms with van der Waals surface area (Å²) in [5.74, 6) is 0.932. The average molecular weight is 335 g/mol. The van der Waals surface area contributed by atoms with E-state index in [1.165, 1.54) is 25.3 Å². The fourth-order valence-corrected chi connectivity index (χ4v) is 2.15. The van der Waals surface area contributed by atoms with Crippen molar-refractivity contribution in [3.63, 3.8) is 0 Å². The standard InChI is InChI=1S/C16H12F3N3O2/c1-24-13-8-10(4-7-12(13)23)15-20-14(21-22-15)9-2-5-11(6-3-9)16(17,18)19/h2-8,23H,1H3,(H,20,21,22). The Labute approximate surface area is 134 Å². The minimum atomic E-state index is -4.38. The first kappa shape index (κ1) is 15.9. The van der Waals surface area contributed by atoms with Crippen LogP contribution in [0, 0.1) is 0 Å². The number of phenols is 1. The van der Waals surface area contributed by atoms with E-state index in [1.54, 1.807) is 12.1 Å². The summed E-state index contributed by atoms with van der Waals surface area (Å²) in [5.41, 5.74) is 0.348. The third-order valence-corrected chi connectivity index (χ3v) is 3.41. The van der Waals surface area contributed by atoms with Gasteiger partial charge in [0.25, 0.3) is 0 Å². The Kier molecular flexibility index (Phi) is 3.88. The van der Waals surface area contributed by atoms with Gasteiger partial charge in [-0.1, -0.05) is 12.1 Å². The van der Waals surface area contributed by atoms with Gasteiger partial charge in [0.1, 0.15) is 0 Å². The van der Waals surface area contributed by atoms with Crippen LogP contribution >= 0.6 is 0 Å². The van der Waals surface area contributed by atoms with Crippen molar-refractivity contribution in [2.75, 3.05) is 7.11 Å². The summed E-state index contributed by atoms with van der Waals surface area (Å²) in [7, 11) is 1.42. The van der Waals surface area contributed by atoms with Crippen molar-refractivity contribution in [2.45, 2.75) is 6.18 Å². The molecular weight excluding hydrogens is 323 g/mol. The van der Waals surface area contributed by atoms with E-state index in [9.17, 15) is 18.3 Å². The molecular formula is C16H12F3N3O2. The summed E-state index contributed by atoms with van der Waals surface area (Å²) in [5, 5.41) is 16.3. The Morgan fingerprint density at radius 3 is 2.33 bits per heavy atom. The minimum absolute atomic E-state index is 0.0141. The molecule has 1 aromatic heterocycles. The molecule has 0 aliphatic carbocycles. The summed E-state index contributed by atoms with van der Waals surface area (Å²) in [6.07, 6.45) is -4.38. The number of nitrogens with one attached hydrogen (secondary N) is 1. The molecule has 3 rings (SSSR count). The number of phenolic OH excluding ortho intramolecular Hbond substituents is 1. The zero-order valence-corrected chi connectivity index (χ0v) is 12.4. The van der Waals surface area contributed by atoms with Gasteiger partial charge in [0, 0.05) is 11.1 Å². The lowest BCUT2D eigenvalue weighted by Gasteiger charge is -2.06. The molecule has 24 heavy (non-hydrogen) atoms. The summed E-state index contributed by atoms with van der Waals surface area (Å²) in [4.78, 5) is 4.26. The fourth-order valence-electron chi connectivity index (χ4n) is 2.15. The number of aromatic hydroxyl groups is 1. The first-order valence-corrected chi connectivity index (χ1v) is 6.86. The van der Waals surface area contributed by atoms with Crippen molar-refractivity contribution in [1.29, 1.82) is 0 Å². The normalized spacial score (nSPS) is 11.5. The number of methoxy groups -OCH3 is 1. The Morgan fingerprint density at radius 2 is 1.71 bits per heavy atom. The number of halogens is 3. The molecule has 2 aromatic carbocycles. The molecule has 0 fully saturated rings. The summed E-state index contributed by atoms with van der Waals surface area (Å²) < 4.78 is 42.8. The van der Waals surface area contributed by atoms with Gasteiger partial charge in [-0.3, -0.25) is 5.10 Å². The third-order valence-electron chi connectivity index (χ3n) is 3.41. The lowest BCUT2D eigenvalue weighted by molar-refractivity contribution is -0.137. The van der Waals surface area contributed by atoms with Crippen LogP contribution in [0.25, 0.3) is 22.8 Å². The second-order valence-electron chi connectivity index (χ2n) is 4.97. The van der Waals surface area contributed by atoms with Crippen LogP contribution in [0.2, 0.25) is 0 Å². The lowest BCUT2D eigenvalue weighted by Crippen LogP contribution is -2.04. The monoisotopic (exact) mass is 335 g/mol. The van der Waals surface area contributed by atoms with Gasteiger partial charge in [-0.25, -0.2) is 4.98 Å². The molecule has 0 aliphatic heterocycles. The van der Waals surface area contributed by atoms with E-state index in [2.05, 4.69) is 15.2 Å². The number of nitrogens with zero attached hydrogens (tertiary/aromatic N) is 2. The second-order valence-corrected chi connectivity index (χ2v) is 4.97. The van der Waals surface area contributed by atoms with E-state index in [0.717, 1.165) is 12.1 Å². The van der Waals surface area contributed by atoms with Gasteiger partial charge < -0.3 is 9.84 Å². The molecule has 0 unspecified atom stereocenters. The highest BCUT2D eigenvalue weighted by Crippen LogP contribution is 2.32. The molecule has 8 heteroatoms. The number of H-pyrrole nitrogens is 1. The van der Waals surface area contributed by atoms with Gasteiger partial charge in [-0.05, 0) is 30.3 Å². The third kappa shape index (κ3) is 3.03. The highest BCUT2D eigenvalue weighted by atomic mass is 19.4. The topological polar surface area (TPSA) is 71.0 Å². The molecule has 0 aliphatic rings. The molecule has 1 heterocycles. The Morgan fingerprint density at radius 1 is 1.04 bits per heavy atom. The van der Waals surface area contributed by atoms with Crippen molar-refractivity contribution in [1.82, 2.24) is 15.2 Å². The zero-order chi connectivity index (χ0) is 17.3.